The highest BCUT2D eigenvalue weighted by atomic mass is 16.6. The van der Waals surface area contributed by atoms with Gasteiger partial charge in [0.1, 0.15) is 5.60 Å². The van der Waals surface area contributed by atoms with E-state index >= 15 is 0 Å². The van der Waals surface area contributed by atoms with E-state index in [1.165, 1.54) is 25.7 Å². The van der Waals surface area contributed by atoms with E-state index < -0.39 is 5.60 Å². The van der Waals surface area contributed by atoms with Gasteiger partial charge in [0.15, 0.2) is 0 Å². The van der Waals surface area contributed by atoms with Crippen molar-refractivity contribution in [3.63, 3.8) is 0 Å². The SMILES string of the molecule is CCCCC(CC)NC1CCC(N(C)C(=O)OC(C)(C)C)CC1. The first-order chi connectivity index (χ1) is 10.8. The molecule has 1 unspecified atom stereocenters. The number of unbranched alkanes of at least 4 members (excludes halogenated alkanes) is 1. The highest BCUT2D eigenvalue weighted by Crippen LogP contribution is 2.24. The summed E-state index contributed by atoms with van der Waals surface area (Å²) in [5, 5.41) is 3.83. The summed E-state index contributed by atoms with van der Waals surface area (Å²) in [5.74, 6) is 0. The highest BCUT2D eigenvalue weighted by Gasteiger charge is 2.29. The monoisotopic (exact) mass is 326 g/mol. The molecule has 0 saturated heterocycles. The molecule has 1 amide bonds. The lowest BCUT2D eigenvalue weighted by Crippen LogP contribution is -2.46. The maximum atomic E-state index is 12.2. The number of nitrogens with zero attached hydrogens (tertiary/aromatic N) is 1. The van der Waals surface area contributed by atoms with Crippen LogP contribution in [0.25, 0.3) is 0 Å². The third-order valence-electron chi connectivity index (χ3n) is 4.80. The van der Waals surface area contributed by atoms with Gasteiger partial charge in [-0.25, -0.2) is 4.79 Å². The lowest BCUT2D eigenvalue weighted by molar-refractivity contribution is 0.0177. The standard InChI is InChI=1S/C19H38N2O2/c1-7-9-10-15(8-2)20-16-11-13-17(14-12-16)21(6)18(22)23-19(3,4)5/h15-17,20H,7-14H2,1-6H3. The van der Waals surface area contributed by atoms with Crippen molar-refractivity contribution in [2.24, 2.45) is 0 Å². The van der Waals surface area contributed by atoms with E-state index in [1.54, 1.807) is 4.90 Å². The summed E-state index contributed by atoms with van der Waals surface area (Å²) in [6.45, 7) is 10.3. The van der Waals surface area contributed by atoms with Crippen molar-refractivity contribution < 1.29 is 9.53 Å². The number of nitrogens with one attached hydrogen (secondary N) is 1. The van der Waals surface area contributed by atoms with Crippen LogP contribution >= 0.6 is 0 Å². The Hall–Kier alpha value is -0.770. The third kappa shape index (κ3) is 7.56. The molecule has 136 valence electrons. The molecule has 0 heterocycles. The molecular weight excluding hydrogens is 288 g/mol. The smallest absolute Gasteiger partial charge is 0.410 e. The zero-order valence-corrected chi connectivity index (χ0v) is 16.2. The number of rotatable bonds is 7. The largest absolute Gasteiger partial charge is 0.444 e. The van der Waals surface area contributed by atoms with E-state index in [-0.39, 0.29) is 6.09 Å². The summed E-state index contributed by atoms with van der Waals surface area (Å²) in [4.78, 5) is 14.0. The van der Waals surface area contributed by atoms with Crippen molar-refractivity contribution in [3.8, 4) is 0 Å². The molecule has 4 nitrogen and oxygen atoms in total. The number of carbonyl (C=O) groups excluding carboxylic acids is 1. The Balaban J connectivity index is 2.38. The van der Waals surface area contributed by atoms with E-state index in [1.807, 2.05) is 27.8 Å². The molecule has 1 aliphatic rings. The van der Waals surface area contributed by atoms with Gasteiger partial charge in [-0.05, 0) is 59.3 Å². The minimum absolute atomic E-state index is 0.191. The Bertz CT molecular complexity index is 344. The van der Waals surface area contributed by atoms with Crippen LogP contribution < -0.4 is 5.32 Å². The van der Waals surface area contributed by atoms with E-state index in [9.17, 15) is 4.79 Å². The summed E-state index contributed by atoms with van der Waals surface area (Å²) in [6, 6.07) is 1.58. The predicted molar refractivity (Wildman–Crippen MR) is 96.8 cm³/mol. The van der Waals surface area contributed by atoms with Gasteiger partial charge in [-0.2, -0.15) is 0 Å². The van der Waals surface area contributed by atoms with Crippen molar-refractivity contribution in [3.05, 3.63) is 0 Å². The molecule has 1 saturated carbocycles. The minimum Gasteiger partial charge on any atom is -0.444 e. The zero-order chi connectivity index (χ0) is 17.5. The molecular formula is C19H38N2O2. The summed E-state index contributed by atoms with van der Waals surface area (Å²) >= 11 is 0. The van der Waals surface area contributed by atoms with Crippen LogP contribution in [0.15, 0.2) is 0 Å². The maximum absolute atomic E-state index is 12.2. The highest BCUT2D eigenvalue weighted by molar-refractivity contribution is 5.68. The Morgan fingerprint density at radius 1 is 1.22 bits per heavy atom. The van der Waals surface area contributed by atoms with Crippen LogP contribution in [-0.2, 0) is 4.74 Å². The average molecular weight is 327 g/mol. The van der Waals surface area contributed by atoms with Crippen LogP contribution in [0.5, 0.6) is 0 Å². The van der Waals surface area contributed by atoms with Crippen LogP contribution in [-0.4, -0.2) is 41.8 Å². The van der Waals surface area contributed by atoms with Gasteiger partial charge < -0.3 is 15.0 Å². The second-order valence-electron chi connectivity index (χ2n) is 8.01. The van der Waals surface area contributed by atoms with Gasteiger partial charge in [-0.1, -0.05) is 26.7 Å². The van der Waals surface area contributed by atoms with E-state index in [0.29, 0.717) is 18.1 Å². The third-order valence-corrected chi connectivity index (χ3v) is 4.80. The predicted octanol–water partition coefficient (Wildman–Crippen LogP) is 4.72. The molecule has 0 aromatic rings. The number of carbonyl (C=O) groups is 1. The summed E-state index contributed by atoms with van der Waals surface area (Å²) in [5.41, 5.74) is -0.419. The molecule has 0 radical (unpaired) electrons. The van der Waals surface area contributed by atoms with Gasteiger partial charge in [0, 0.05) is 25.2 Å². The molecule has 1 aliphatic carbocycles. The molecule has 23 heavy (non-hydrogen) atoms. The topological polar surface area (TPSA) is 41.6 Å². The molecule has 1 rings (SSSR count). The van der Waals surface area contributed by atoms with Crippen molar-refractivity contribution in [1.82, 2.24) is 10.2 Å². The number of amides is 1. The van der Waals surface area contributed by atoms with E-state index in [2.05, 4.69) is 19.2 Å². The molecule has 1 N–H and O–H groups in total. The van der Waals surface area contributed by atoms with Crippen LogP contribution in [0, 0.1) is 0 Å². The first-order valence-electron chi connectivity index (χ1n) is 9.48. The van der Waals surface area contributed by atoms with E-state index in [4.69, 9.17) is 4.74 Å². The van der Waals surface area contributed by atoms with Gasteiger partial charge in [-0.3, -0.25) is 0 Å². The van der Waals surface area contributed by atoms with Gasteiger partial charge in [0.25, 0.3) is 0 Å². The Morgan fingerprint density at radius 2 is 1.83 bits per heavy atom. The molecule has 4 heteroatoms. The minimum atomic E-state index is -0.419. The summed E-state index contributed by atoms with van der Waals surface area (Å²) in [6.07, 6.45) is 9.31. The number of hydrogen-bond donors (Lipinski definition) is 1. The fraction of sp³-hybridized carbons (Fsp3) is 0.947. The van der Waals surface area contributed by atoms with Gasteiger partial charge >= 0.3 is 6.09 Å². The second kappa shape index (κ2) is 9.51. The average Bonchev–Trinajstić information content (AvgIpc) is 2.49. The first-order valence-corrected chi connectivity index (χ1v) is 9.48. The summed E-state index contributed by atoms with van der Waals surface area (Å²) in [7, 11) is 1.88. The Morgan fingerprint density at radius 3 is 2.30 bits per heavy atom. The second-order valence-corrected chi connectivity index (χ2v) is 8.01. The van der Waals surface area contributed by atoms with Crippen molar-refractivity contribution >= 4 is 6.09 Å². The molecule has 1 atom stereocenters. The number of ether oxygens (including phenoxy) is 1. The van der Waals surface area contributed by atoms with Gasteiger partial charge in [-0.15, -0.1) is 0 Å². The quantitative estimate of drug-likeness (QED) is 0.736. The molecule has 0 aromatic carbocycles. The van der Waals surface area contributed by atoms with Crippen molar-refractivity contribution in [1.29, 1.82) is 0 Å². The molecule has 0 spiro atoms. The normalized spacial score (nSPS) is 23.4. The van der Waals surface area contributed by atoms with Crippen molar-refractivity contribution in [2.45, 2.75) is 110 Å². The van der Waals surface area contributed by atoms with Crippen LogP contribution in [0.4, 0.5) is 4.79 Å². The lowest BCUT2D eigenvalue weighted by atomic mass is 9.89. The van der Waals surface area contributed by atoms with Crippen LogP contribution in [0.1, 0.15) is 86.0 Å². The Labute approximate surface area is 143 Å². The first kappa shape index (κ1) is 20.3. The van der Waals surface area contributed by atoms with Crippen molar-refractivity contribution in [2.75, 3.05) is 7.05 Å². The fourth-order valence-electron chi connectivity index (χ4n) is 3.30. The van der Waals surface area contributed by atoms with Crippen LogP contribution in [0.2, 0.25) is 0 Å². The van der Waals surface area contributed by atoms with Crippen LogP contribution in [0.3, 0.4) is 0 Å². The lowest BCUT2D eigenvalue weighted by Gasteiger charge is -2.37. The molecule has 0 bridgehead atoms. The molecule has 0 aromatic heterocycles. The fourth-order valence-corrected chi connectivity index (χ4v) is 3.30. The maximum Gasteiger partial charge on any atom is 0.410 e. The van der Waals surface area contributed by atoms with Gasteiger partial charge in [0.05, 0.1) is 0 Å². The molecule has 0 aliphatic heterocycles. The Kier molecular flexibility index (Phi) is 8.38. The van der Waals surface area contributed by atoms with E-state index in [0.717, 1.165) is 25.7 Å². The number of hydrogen-bond acceptors (Lipinski definition) is 3. The summed E-state index contributed by atoms with van der Waals surface area (Å²) < 4.78 is 5.48. The zero-order valence-electron chi connectivity index (χ0n) is 16.2. The van der Waals surface area contributed by atoms with Gasteiger partial charge in [0.2, 0.25) is 0 Å². The molecule has 1 fully saturated rings.